The molecule has 0 bridgehead atoms. The SMILES string of the molecule is CCOc1ccc(OCC(=O)N2C[C@@H]3CNC[C@@H]3[C@H]2c2ccccc2)cc1. The molecule has 5 nitrogen and oxygen atoms in total. The summed E-state index contributed by atoms with van der Waals surface area (Å²) in [6.45, 7) is 5.39. The standard InChI is InChI=1S/C22H26N2O3/c1-2-26-18-8-10-19(11-9-18)27-15-21(25)24-14-17-12-23-13-20(17)22(24)16-6-4-3-5-7-16/h3-11,17,20,22-23H,2,12-15H2,1H3/t17-,20-,22+/m0/s1. The Hall–Kier alpha value is -2.53. The second-order valence-corrected chi connectivity index (χ2v) is 7.18. The lowest BCUT2D eigenvalue weighted by Crippen LogP contribution is -2.37. The molecule has 0 aromatic heterocycles. The summed E-state index contributed by atoms with van der Waals surface area (Å²) in [7, 11) is 0. The van der Waals surface area contributed by atoms with Crippen LogP contribution in [0, 0.1) is 11.8 Å². The second-order valence-electron chi connectivity index (χ2n) is 7.18. The van der Waals surface area contributed by atoms with Crippen molar-refractivity contribution in [1.29, 1.82) is 0 Å². The number of fused-ring (bicyclic) bond motifs is 1. The Morgan fingerprint density at radius 1 is 1.04 bits per heavy atom. The van der Waals surface area contributed by atoms with Crippen molar-refractivity contribution in [2.24, 2.45) is 11.8 Å². The Kier molecular flexibility index (Phi) is 5.30. The number of benzene rings is 2. The molecule has 1 N–H and O–H groups in total. The number of hydrogen-bond donors (Lipinski definition) is 1. The van der Waals surface area contributed by atoms with E-state index in [2.05, 4.69) is 17.4 Å². The number of carbonyl (C=O) groups excluding carboxylic acids is 1. The van der Waals surface area contributed by atoms with E-state index in [9.17, 15) is 4.79 Å². The van der Waals surface area contributed by atoms with Gasteiger partial charge in [0.2, 0.25) is 0 Å². The third-order valence-electron chi connectivity index (χ3n) is 5.52. The Balaban J connectivity index is 1.44. The summed E-state index contributed by atoms with van der Waals surface area (Å²) in [5, 5.41) is 3.48. The van der Waals surface area contributed by atoms with Gasteiger partial charge in [0.15, 0.2) is 6.61 Å². The van der Waals surface area contributed by atoms with Crippen molar-refractivity contribution in [3.63, 3.8) is 0 Å². The van der Waals surface area contributed by atoms with Crippen molar-refractivity contribution in [1.82, 2.24) is 10.2 Å². The summed E-state index contributed by atoms with van der Waals surface area (Å²) in [6, 6.07) is 17.9. The maximum Gasteiger partial charge on any atom is 0.261 e. The lowest BCUT2D eigenvalue weighted by Gasteiger charge is -2.28. The van der Waals surface area contributed by atoms with Gasteiger partial charge in [-0.1, -0.05) is 30.3 Å². The third kappa shape index (κ3) is 3.78. The second kappa shape index (κ2) is 8.01. The van der Waals surface area contributed by atoms with Gasteiger partial charge in [-0.05, 0) is 42.7 Å². The summed E-state index contributed by atoms with van der Waals surface area (Å²) in [4.78, 5) is 15.0. The van der Waals surface area contributed by atoms with Crippen LogP contribution in [0.3, 0.4) is 0 Å². The van der Waals surface area contributed by atoms with E-state index in [0.717, 1.165) is 25.4 Å². The van der Waals surface area contributed by atoms with E-state index in [0.29, 0.717) is 24.2 Å². The van der Waals surface area contributed by atoms with Gasteiger partial charge in [0.25, 0.3) is 5.91 Å². The molecule has 2 saturated heterocycles. The Morgan fingerprint density at radius 3 is 2.44 bits per heavy atom. The van der Waals surface area contributed by atoms with Gasteiger partial charge in [-0.3, -0.25) is 4.79 Å². The molecule has 0 unspecified atom stereocenters. The lowest BCUT2D eigenvalue weighted by atomic mass is 9.89. The predicted octanol–water partition coefficient (Wildman–Crippen LogP) is 2.88. The first-order chi connectivity index (χ1) is 13.3. The van der Waals surface area contributed by atoms with E-state index in [4.69, 9.17) is 9.47 Å². The number of hydrogen-bond acceptors (Lipinski definition) is 4. The van der Waals surface area contributed by atoms with E-state index in [-0.39, 0.29) is 18.6 Å². The molecule has 0 spiro atoms. The highest BCUT2D eigenvalue weighted by Crippen LogP contribution is 2.42. The number of ether oxygens (including phenoxy) is 2. The number of nitrogens with zero attached hydrogens (tertiary/aromatic N) is 1. The zero-order valence-corrected chi connectivity index (χ0v) is 15.6. The highest BCUT2D eigenvalue weighted by molar-refractivity contribution is 5.79. The number of likely N-dealkylation sites (tertiary alicyclic amines) is 1. The quantitative estimate of drug-likeness (QED) is 0.854. The molecule has 3 atom stereocenters. The molecule has 2 aromatic rings. The Morgan fingerprint density at radius 2 is 1.74 bits per heavy atom. The van der Waals surface area contributed by atoms with E-state index < -0.39 is 0 Å². The number of amides is 1. The first-order valence-electron chi connectivity index (χ1n) is 9.67. The summed E-state index contributed by atoms with van der Waals surface area (Å²) in [6.07, 6.45) is 0. The predicted molar refractivity (Wildman–Crippen MR) is 104 cm³/mol. The molecule has 0 saturated carbocycles. The smallest absolute Gasteiger partial charge is 0.261 e. The van der Waals surface area contributed by atoms with Crippen LogP contribution in [0.15, 0.2) is 54.6 Å². The van der Waals surface area contributed by atoms with Crippen LogP contribution in [0.4, 0.5) is 0 Å². The van der Waals surface area contributed by atoms with Crippen molar-refractivity contribution in [3.05, 3.63) is 60.2 Å². The molecule has 2 heterocycles. The Labute approximate surface area is 160 Å². The van der Waals surface area contributed by atoms with Crippen LogP contribution in [0.1, 0.15) is 18.5 Å². The highest BCUT2D eigenvalue weighted by atomic mass is 16.5. The summed E-state index contributed by atoms with van der Waals surface area (Å²) >= 11 is 0. The number of rotatable bonds is 6. The fourth-order valence-corrected chi connectivity index (χ4v) is 4.28. The van der Waals surface area contributed by atoms with Crippen molar-refractivity contribution in [2.75, 3.05) is 32.8 Å². The maximum atomic E-state index is 13.0. The van der Waals surface area contributed by atoms with Gasteiger partial charge in [0, 0.05) is 25.6 Å². The van der Waals surface area contributed by atoms with Crippen molar-refractivity contribution >= 4 is 5.91 Å². The summed E-state index contributed by atoms with van der Waals surface area (Å²) < 4.78 is 11.2. The van der Waals surface area contributed by atoms with Crippen LogP contribution in [0.2, 0.25) is 0 Å². The molecule has 0 radical (unpaired) electrons. The number of nitrogens with one attached hydrogen (secondary N) is 1. The van der Waals surface area contributed by atoms with Gasteiger partial charge in [-0.25, -0.2) is 0 Å². The average Bonchev–Trinajstić information content (AvgIpc) is 3.29. The summed E-state index contributed by atoms with van der Waals surface area (Å²) in [5.41, 5.74) is 1.21. The topological polar surface area (TPSA) is 50.8 Å². The molecule has 5 heteroatoms. The third-order valence-corrected chi connectivity index (χ3v) is 5.52. The monoisotopic (exact) mass is 366 g/mol. The van der Waals surface area contributed by atoms with E-state index in [1.807, 2.05) is 54.3 Å². The minimum absolute atomic E-state index is 0.0483. The van der Waals surface area contributed by atoms with Gasteiger partial charge < -0.3 is 19.7 Å². The lowest BCUT2D eigenvalue weighted by molar-refractivity contribution is -0.134. The molecule has 0 aliphatic carbocycles. The van der Waals surface area contributed by atoms with Gasteiger partial charge >= 0.3 is 0 Å². The minimum Gasteiger partial charge on any atom is -0.494 e. The van der Waals surface area contributed by atoms with Gasteiger partial charge in [0.05, 0.1) is 12.6 Å². The first-order valence-corrected chi connectivity index (χ1v) is 9.67. The fraction of sp³-hybridized carbons (Fsp3) is 0.409. The van der Waals surface area contributed by atoms with E-state index >= 15 is 0 Å². The number of carbonyl (C=O) groups is 1. The fourth-order valence-electron chi connectivity index (χ4n) is 4.28. The van der Waals surface area contributed by atoms with Crippen LogP contribution in [-0.2, 0) is 4.79 Å². The largest absolute Gasteiger partial charge is 0.494 e. The highest BCUT2D eigenvalue weighted by Gasteiger charge is 2.46. The molecule has 2 aliphatic rings. The molecule has 142 valence electrons. The van der Waals surface area contributed by atoms with Gasteiger partial charge in [0.1, 0.15) is 11.5 Å². The molecule has 2 aliphatic heterocycles. The van der Waals surface area contributed by atoms with Crippen molar-refractivity contribution in [2.45, 2.75) is 13.0 Å². The van der Waals surface area contributed by atoms with Crippen molar-refractivity contribution in [3.8, 4) is 11.5 Å². The van der Waals surface area contributed by atoms with Gasteiger partial charge in [-0.15, -0.1) is 0 Å². The normalized spacial score (nSPS) is 23.9. The summed E-state index contributed by atoms with van der Waals surface area (Å²) in [5.74, 6) is 2.53. The van der Waals surface area contributed by atoms with E-state index in [1.165, 1.54) is 5.56 Å². The van der Waals surface area contributed by atoms with Crippen LogP contribution in [0.25, 0.3) is 0 Å². The molecule has 4 rings (SSSR count). The zero-order chi connectivity index (χ0) is 18.6. The van der Waals surface area contributed by atoms with E-state index in [1.54, 1.807) is 0 Å². The molecule has 2 fully saturated rings. The van der Waals surface area contributed by atoms with Crippen LogP contribution >= 0.6 is 0 Å². The Bertz CT molecular complexity index is 763. The zero-order valence-electron chi connectivity index (χ0n) is 15.6. The van der Waals surface area contributed by atoms with Crippen LogP contribution in [-0.4, -0.2) is 43.7 Å². The minimum atomic E-state index is 0.0483. The maximum absolute atomic E-state index is 13.0. The molecular formula is C22H26N2O3. The van der Waals surface area contributed by atoms with Crippen molar-refractivity contribution < 1.29 is 14.3 Å². The average molecular weight is 366 g/mol. The molecule has 27 heavy (non-hydrogen) atoms. The van der Waals surface area contributed by atoms with Crippen LogP contribution in [0.5, 0.6) is 11.5 Å². The van der Waals surface area contributed by atoms with Gasteiger partial charge in [-0.2, -0.15) is 0 Å². The van der Waals surface area contributed by atoms with Crippen LogP contribution < -0.4 is 14.8 Å². The molecular weight excluding hydrogens is 340 g/mol. The first kappa shape index (κ1) is 17.9. The molecule has 2 aromatic carbocycles. The molecule has 1 amide bonds.